The fourth-order valence-electron chi connectivity index (χ4n) is 2.96. The van der Waals surface area contributed by atoms with E-state index in [2.05, 4.69) is 18.7 Å². The summed E-state index contributed by atoms with van der Waals surface area (Å²) in [4.78, 5) is 2.59. The Hall–Kier alpha value is -0.0800. The Labute approximate surface area is 81.5 Å². The number of hydrogen-bond donors (Lipinski definition) is 1. The summed E-state index contributed by atoms with van der Waals surface area (Å²) in [6.45, 7) is 7.10. The van der Waals surface area contributed by atoms with Crippen LogP contribution in [0, 0.1) is 5.41 Å². The van der Waals surface area contributed by atoms with E-state index in [0.717, 1.165) is 19.1 Å². The van der Waals surface area contributed by atoms with E-state index >= 15 is 0 Å². The maximum atomic E-state index is 5.82. The van der Waals surface area contributed by atoms with Crippen molar-refractivity contribution in [2.75, 3.05) is 13.1 Å². The van der Waals surface area contributed by atoms with Gasteiger partial charge in [0.1, 0.15) is 0 Å². The van der Waals surface area contributed by atoms with Crippen molar-refractivity contribution < 1.29 is 0 Å². The summed E-state index contributed by atoms with van der Waals surface area (Å²) in [5.74, 6) is 0. The van der Waals surface area contributed by atoms with E-state index in [1.54, 1.807) is 0 Å². The molecule has 1 atom stereocenters. The molecule has 0 aromatic heterocycles. The van der Waals surface area contributed by atoms with Crippen LogP contribution in [-0.4, -0.2) is 30.1 Å². The SMILES string of the molecule is CC1(C)CCCCC1N1CC(N)C1. The van der Waals surface area contributed by atoms with Gasteiger partial charge in [0.15, 0.2) is 0 Å². The van der Waals surface area contributed by atoms with Crippen LogP contribution in [0.15, 0.2) is 0 Å². The molecule has 0 bridgehead atoms. The smallest absolute Gasteiger partial charge is 0.0297 e. The Morgan fingerprint density at radius 2 is 1.92 bits per heavy atom. The highest BCUT2D eigenvalue weighted by Crippen LogP contribution is 2.39. The van der Waals surface area contributed by atoms with Crippen LogP contribution in [0.1, 0.15) is 39.5 Å². The molecule has 2 fully saturated rings. The van der Waals surface area contributed by atoms with E-state index in [-0.39, 0.29) is 0 Å². The standard InChI is InChI=1S/C11H22N2/c1-11(2)6-4-3-5-10(11)13-7-9(12)8-13/h9-10H,3-8,12H2,1-2H3. The fraction of sp³-hybridized carbons (Fsp3) is 1.00. The Balaban J connectivity index is 1.96. The van der Waals surface area contributed by atoms with Crippen LogP contribution >= 0.6 is 0 Å². The van der Waals surface area contributed by atoms with Gasteiger partial charge in [0.05, 0.1) is 0 Å². The summed E-state index contributed by atoms with van der Waals surface area (Å²) in [5, 5.41) is 0. The van der Waals surface area contributed by atoms with Gasteiger partial charge in [-0.25, -0.2) is 0 Å². The highest BCUT2D eigenvalue weighted by molar-refractivity contribution is 4.96. The van der Waals surface area contributed by atoms with Crippen LogP contribution < -0.4 is 5.73 Å². The zero-order valence-electron chi connectivity index (χ0n) is 8.92. The molecule has 1 aliphatic carbocycles. The quantitative estimate of drug-likeness (QED) is 0.667. The molecular formula is C11H22N2. The molecule has 0 radical (unpaired) electrons. The minimum Gasteiger partial charge on any atom is -0.325 e. The van der Waals surface area contributed by atoms with Crippen molar-refractivity contribution in [1.29, 1.82) is 0 Å². The minimum atomic E-state index is 0.456. The first kappa shape index (κ1) is 9.47. The topological polar surface area (TPSA) is 29.3 Å². The van der Waals surface area contributed by atoms with Gasteiger partial charge >= 0.3 is 0 Å². The largest absolute Gasteiger partial charge is 0.325 e. The van der Waals surface area contributed by atoms with Crippen LogP contribution in [0.5, 0.6) is 0 Å². The van der Waals surface area contributed by atoms with E-state index in [1.807, 2.05) is 0 Å². The van der Waals surface area contributed by atoms with Crippen molar-refractivity contribution in [1.82, 2.24) is 4.90 Å². The molecule has 76 valence electrons. The molecular weight excluding hydrogens is 160 g/mol. The Morgan fingerprint density at radius 1 is 1.23 bits per heavy atom. The molecule has 2 heteroatoms. The van der Waals surface area contributed by atoms with E-state index < -0.39 is 0 Å². The second-order valence-electron chi connectivity index (χ2n) is 5.46. The lowest BCUT2D eigenvalue weighted by molar-refractivity contribution is -0.00215. The average Bonchev–Trinajstić information content (AvgIpc) is 1.99. The molecule has 0 amide bonds. The average molecular weight is 182 g/mol. The van der Waals surface area contributed by atoms with E-state index in [4.69, 9.17) is 5.73 Å². The van der Waals surface area contributed by atoms with Gasteiger partial charge in [0.25, 0.3) is 0 Å². The van der Waals surface area contributed by atoms with Crippen LogP contribution in [0.3, 0.4) is 0 Å². The highest BCUT2D eigenvalue weighted by Gasteiger charge is 2.40. The van der Waals surface area contributed by atoms with Crippen LogP contribution in [0.4, 0.5) is 0 Å². The Kier molecular flexibility index (Phi) is 2.37. The molecule has 2 aliphatic rings. The Morgan fingerprint density at radius 3 is 2.46 bits per heavy atom. The zero-order valence-corrected chi connectivity index (χ0v) is 8.92. The summed E-state index contributed by atoms with van der Waals surface area (Å²) >= 11 is 0. The molecule has 1 saturated carbocycles. The molecule has 13 heavy (non-hydrogen) atoms. The predicted octanol–water partition coefficient (Wildman–Crippen LogP) is 1.60. The molecule has 2 N–H and O–H groups in total. The third-order valence-electron chi connectivity index (χ3n) is 3.83. The van der Waals surface area contributed by atoms with E-state index in [1.165, 1.54) is 25.7 Å². The molecule has 1 heterocycles. The molecule has 1 saturated heterocycles. The third-order valence-corrected chi connectivity index (χ3v) is 3.83. The number of nitrogens with zero attached hydrogens (tertiary/aromatic N) is 1. The molecule has 2 rings (SSSR count). The number of rotatable bonds is 1. The summed E-state index contributed by atoms with van der Waals surface area (Å²) in [7, 11) is 0. The Bertz CT molecular complexity index is 183. The number of hydrogen-bond acceptors (Lipinski definition) is 2. The van der Waals surface area contributed by atoms with Crippen molar-refractivity contribution in [2.24, 2.45) is 11.1 Å². The summed E-state index contributed by atoms with van der Waals surface area (Å²) < 4.78 is 0. The lowest BCUT2D eigenvalue weighted by Gasteiger charge is -2.51. The second-order valence-corrected chi connectivity index (χ2v) is 5.46. The van der Waals surface area contributed by atoms with Crippen molar-refractivity contribution in [3.8, 4) is 0 Å². The van der Waals surface area contributed by atoms with Crippen molar-refractivity contribution in [3.63, 3.8) is 0 Å². The van der Waals surface area contributed by atoms with Gasteiger partial charge in [-0.05, 0) is 18.3 Å². The van der Waals surface area contributed by atoms with Gasteiger partial charge in [0.2, 0.25) is 0 Å². The summed E-state index contributed by atoms with van der Waals surface area (Å²) in [6.07, 6.45) is 5.62. The van der Waals surface area contributed by atoms with Crippen molar-refractivity contribution >= 4 is 0 Å². The van der Waals surface area contributed by atoms with Gasteiger partial charge in [-0.3, -0.25) is 4.90 Å². The van der Waals surface area contributed by atoms with Crippen LogP contribution in [0.2, 0.25) is 0 Å². The molecule has 1 unspecified atom stereocenters. The minimum absolute atomic E-state index is 0.456. The highest BCUT2D eigenvalue weighted by atomic mass is 15.3. The van der Waals surface area contributed by atoms with Gasteiger partial charge in [-0.15, -0.1) is 0 Å². The fourth-order valence-corrected chi connectivity index (χ4v) is 2.96. The first-order valence-electron chi connectivity index (χ1n) is 5.59. The molecule has 1 aliphatic heterocycles. The lowest BCUT2D eigenvalue weighted by atomic mass is 9.71. The van der Waals surface area contributed by atoms with E-state index in [9.17, 15) is 0 Å². The van der Waals surface area contributed by atoms with E-state index in [0.29, 0.717) is 11.5 Å². The molecule has 0 spiro atoms. The predicted molar refractivity (Wildman–Crippen MR) is 55.6 cm³/mol. The number of likely N-dealkylation sites (tertiary alicyclic amines) is 1. The maximum absolute atomic E-state index is 5.82. The maximum Gasteiger partial charge on any atom is 0.0297 e. The van der Waals surface area contributed by atoms with Crippen molar-refractivity contribution in [3.05, 3.63) is 0 Å². The van der Waals surface area contributed by atoms with Gasteiger partial charge in [0, 0.05) is 25.2 Å². The third kappa shape index (κ3) is 1.75. The number of nitrogens with two attached hydrogens (primary N) is 1. The molecule has 2 nitrogen and oxygen atoms in total. The summed E-state index contributed by atoms with van der Waals surface area (Å²) in [6, 6.07) is 1.26. The first-order valence-corrected chi connectivity index (χ1v) is 5.59. The second kappa shape index (κ2) is 3.25. The lowest BCUT2D eigenvalue weighted by Crippen LogP contribution is -2.62. The monoisotopic (exact) mass is 182 g/mol. The normalized spacial score (nSPS) is 35.8. The van der Waals surface area contributed by atoms with Crippen molar-refractivity contribution in [2.45, 2.75) is 51.6 Å². The zero-order chi connectivity index (χ0) is 9.47. The van der Waals surface area contributed by atoms with Crippen LogP contribution in [-0.2, 0) is 0 Å². The van der Waals surface area contributed by atoms with Gasteiger partial charge < -0.3 is 5.73 Å². The van der Waals surface area contributed by atoms with Gasteiger partial charge in [-0.2, -0.15) is 0 Å². The van der Waals surface area contributed by atoms with Crippen LogP contribution in [0.25, 0.3) is 0 Å². The van der Waals surface area contributed by atoms with Gasteiger partial charge in [-0.1, -0.05) is 26.7 Å². The molecule has 0 aromatic rings. The molecule has 0 aromatic carbocycles. The first-order chi connectivity index (χ1) is 6.09. The summed E-state index contributed by atoms with van der Waals surface area (Å²) in [5.41, 5.74) is 6.35.